The van der Waals surface area contributed by atoms with Gasteiger partial charge in [0.15, 0.2) is 16.4 Å². The molecule has 0 aliphatic carbocycles. The molecule has 0 bridgehead atoms. The van der Waals surface area contributed by atoms with Crippen molar-refractivity contribution in [3.8, 4) is 28.4 Å². The first-order valence-electron chi connectivity index (χ1n) is 11.2. The molecular weight excluding hydrogens is 484 g/mol. The monoisotopic (exact) mass is 512 g/mol. The zero-order valence-corrected chi connectivity index (χ0v) is 21.6. The lowest BCUT2D eigenvalue weighted by Gasteiger charge is -2.19. The van der Waals surface area contributed by atoms with Crippen LogP contribution in [0.1, 0.15) is 12.0 Å². The van der Waals surface area contributed by atoms with Gasteiger partial charge in [0.1, 0.15) is 23.2 Å². The molecule has 4 rings (SSSR count). The second-order valence-electron chi connectivity index (χ2n) is 8.34. The fraction of sp³-hybridized carbons (Fsp3) is 0.259. The van der Waals surface area contributed by atoms with E-state index in [1.165, 1.54) is 0 Å². The lowest BCUT2D eigenvalue weighted by atomic mass is 10.0. The number of likely N-dealkylation sites (tertiary alicyclic amines) is 1. The highest BCUT2D eigenvalue weighted by atomic mass is 35.5. The fourth-order valence-corrected chi connectivity index (χ4v) is 5.23. The molecule has 6 nitrogen and oxygen atoms in total. The van der Waals surface area contributed by atoms with E-state index >= 15 is 0 Å². The molecule has 1 aliphatic rings. The highest BCUT2D eigenvalue weighted by Crippen LogP contribution is 2.39. The first-order chi connectivity index (χ1) is 16.9. The minimum atomic E-state index is -1.61. The molecule has 1 saturated heterocycles. The standard InChI is InChI=1S/C27H29ClN2O4S/c1-5-18-6-8-19(9-7-18)22-15-25(32-3)26(33-4)16-27(22)35(31)29-20-10-11-23(28)24(14-20)34-21-12-13-30(2)17-21/h5-11,14-16,21,29H,1,12-13,17H2,2-4H3/t21-,35?/m1/s1. The van der Waals surface area contributed by atoms with Crippen molar-refractivity contribution in [3.05, 3.63) is 71.8 Å². The summed E-state index contributed by atoms with van der Waals surface area (Å²) >= 11 is 4.78. The van der Waals surface area contributed by atoms with Crippen molar-refractivity contribution < 1.29 is 18.8 Å². The molecular formula is C27H29ClN2O4S. The van der Waals surface area contributed by atoms with Gasteiger partial charge in [-0.25, -0.2) is 4.72 Å². The molecule has 0 aromatic heterocycles. The van der Waals surface area contributed by atoms with Gasteiger partial charge >= 0.3 is 0 Å². The molecule has 35 heavy (non-hydrogen) atoms. The van der Waals surface area contributed by atoms with Crippen molar-refractivity contribution in [2.75, 3.05) is 39.1 Å². The van der Waals surface area contributed by atoms with Crippen LogP contribution in [0.25, 0.3) is 17.2 Å². The molecule has 8 heteroatoms. The molecule has 1 fully saturated rings. The Kier molecular flexibility index (Phi) is 8.13. The second kappa shape index (κ2) is 11.3. The van der Waals surface area contributed by atoms with E-state index in [2.05, 4.69) is 23.2 Å². The Balaban J connectivity index is 1.64. The van der Waals surface area contributed by atoms with Crippen LogP contribution in [0.15, 0.2) is 66.1 Å². The highest BCUT2D eigenvalue weighted by Gasteiger charge is 2.25. The molecule has 0 saturated carbocycles. The molecule has 184 valence electrons. The van der Waals surface area contributed by atoms with Crippen LogP contribution in [-0.2, 0) is 11.4 Å². The van der Waals surface area contributed by atoms with Crippen LogP contribution in [0.4, 0.5) is 5.69 Å². The molecule has 2 atom stereocenters. The SMILES string of the molecule is C=Cc1ccc(-c2cc(OC)c(OC)cc2[S+]([O-])Nc2ccc(Cl)c(O[C@@H]3CCN(C)C3)c2)cc1. The molecule has 3 aromatic carbocycles. The number of benzene rings is 3. The summed E-state index contributed by atoms with van der Waals surface area (Å²) in [6, 6.07) is 16.7. The van der Waals surface area contributed by atoms with E-state index in [4.69, 9.17) is 25.8 Å². The van der Waals surface area contributed by atoms with E-state index in [0.717, 1.165) is 36.2 Å². The maximum absolute atomic E-state index is 13.6. The third kappa shape index (κ3) is 5.87. The molecule has 1 heterocycles. The third-order valence-corrected chi connectivity index (χ3v) is 7.40. The van der Waals surface area contributed by atoms with Gasteiger partial charge in [-0.1, -0.05) is 48.5 Å². The summed E-state index contributed by atoms with van der Waals surface area (Å²) in [4.78, 5) is 2.78. The van der Waals surface area contributed by atoms with Crippen LogP contribution in [0.3, 0.4) is 0 Å². The van der Waals surface area contributed by atoms with E-state index in [1.54, 1.807) is 44.6 Å². The summed E-state index contributed by atoms with van der Waals surface area (Å²) in [6.07, 6.45) is 2.80. The van der Waals surface area contributed by atoms with Crippen molar-refractivity contribution in [1.29, 1.82) is 0 Å². The Hall–Kier alpha value is -2.84. The molecule has 3 aromatic rings. The largest absolute Gasteiger partial charge is 0.588 e. The fourth-order valence-electron chi connectivity index (χ4n) is 4.03. The summed E-state index contributed by atoms with van der Waals surface area (Å²) in [5.41, 5.74) is 3.30. The van der Waals surface area contributed by atoms with E-state index in [9.17, 15) is 4.55 Å². The Bertz CT molecular complexity index is 1190. The quantitative estimate of drug-likeness (QED) is 0.361. The van der Waals surface area contributed by atoms with Crippen molar-refractivity contribution in [2.45, 2.75) is 17.4 Å². The number of anilines is 1. The van der Waals surface area contributed by atoms with E-state index in [1.807, 2.05) is 30.3 Å². The molecule has 1 N–H and O–H groups in total. The van der Waals surface area contributed by atoms with Crippen LogP contribution in [0.5, 0.6) is 17.2 Å². The molecule has 1 unspecified atom stereocenters. The first kappa shape index (κ1) is 25.3. The minimum Gasteiger partial charge on any atom is -0.588 e. The second-order valence-corrected chi connectivity index (χ2v) is 9.92. The summed E-state index contributed by atoms with van der Waals surface area (Å²) in [5.74, 6) is 1.62. The number of nitrogens with zero attached hydrogens (tertiary/aromatic N) is 1. The minimum absolute atomic E-state index is 0.0780. The number of hydrogen-bond donors (Lipinski definition) is 1. The van der Waals surface area contributed by atoms with Crippen molar-refractivity contribution in [3.63, 3.8) is 0 Å². The highest BCUT2D eigenvalue weighted by molar-refractivity contribution is 7.92. The summed E-state index contributed by atoms with van der Waals surface area (Å²) in [7, 11) is 5.20. The third-order valence-electron chi connectivity index (χ3n) is 5.93. The lowest BCUT2D eigenvalue weighted by molar-refractivity contribution is 0.208. The van der Waals surface area contributed by atoms with Gasteiger partial charge in [0.2, 0.25) is 0 Å². The van der Waals surface area contributed by atoms with Crippen molar-refractivity contribution in [1.82, 2.24) is 4.90 Å². The van der Waals surface area contributed by atoms with Gasteiger partial charge in [-0.3, -0.25) is 0 Å². The average molecular weight is 513 g/mol. The van der Waals surface area contributed by atoms with E-state index in [0.29, 0.717) is 32.9 Å². The van der Waals surface area contributed by atoms with Crippen LogP contribution in [0, 0.1) is 0 Å². The molecule has 0 amide bonds. The molecule has 0 spiro atoms. The summed E-state index contributed by atoms with van der Waals surface area (Å²) in [6.45, 7) is 5.64. The van der Waals surface area contributed by atoms with Crippen molar-refractivity contribution >= 4 is 34.7 Å². The Morgan fingerprint density at radius 3 is 2.40 bits per heavy atom. The average Bonchev–Trinajstić information content (AvgIpc) is 3.29. The smallest absolute Gasteiger partial charge is 0.191 e. The molecule has 0 radical (unpaired) electrons. The van der Waals surface area contributed by atoms with E-state index in [-0.39, 0.29) is 6.10 Å². The van der Waals surface area contributed by atoms with Crippen molar-refractivity contribution in [2.24, 2.45) is 0 Å². The Labute approximate surface area is 214 Å². The zero-order valence-electron chi connectivity index (χ0n) is 20.0. The van der Waals surface area contributed by atoms with Gasteiger partial charge in [0, 0.05) is 30.8 Å². The normalized spacial score (nSPS) is 16.5. The van der Waals surface area contributed by atoms with Gasteiger partial charge in [-0.05, 0) is 42.8 Å². The van der Waals surface area contributed by atoms with Gasteiger partial charge in [-0.2, -0.15) is 0 Å². The van der Waals surface area contributed by atoms with Gasteiger partial charge < -0.3 is 23.7 Å². The number of halogens is 1. The number of ether oxygens (including phenoxy) is 3. The van der Waals surface area contributed by atoms with Crippen LogP contribution in [-0.4, -0.2) is 49.9 Å². The number of methoxy groups -OCH3 is 2. The van der Waals surface area contributed by atoms with Crippen LogP contribution >= 0.6 is 11.6 Å². The van der Waals surface area contributed by atoms with E-state index < -0.39 is 11.4 Å². The summed E-state index contributed by atoms with van der Waals surface area (Å²) < 4.78 is 33.8. The number of likely N-dealkylation sites (N-methyl/N-ethyl adjacent to an activating group) is 1. The zero-order chi connectivity index (χ0) is 24.9. The van der Waals surface area contributed by atoms with Gasteiger partial charge in [-0.15, -0.1) is 0 Å². The predicted molar refractivity (Wildman–Crippen MR) is 143 cm³/mol. The predicted octanol–water partition coefficient (Wildman–Crippen LogP) is 5.88. The van der Waals surface area contributed by atoms with Crippen LogP contribution < -0.4 is 18.9 Å². The molecule has 1 aliphatic heterocycles. The van der Waals surface area contributed by atoms with Gasteiger partial charge in [0.05, 0.1) is 24.9 Å². The topological polar surface area (TPSA) is 66.0 Å². The maximum atomic E-state index is 13.6. The first-order valence-corrected chi connectivity index (χ1v) is 12.8. The maximum Gasteiger partial charge on any atom is 0.191 e. The number of rotatable bonds is 9. The number of hydrogen-bond acceptors (Lipinski definition) is 6. The lowest BCUT2D eigenvalue weighted by Crippen LogP contribution is -2.21. The Morgan fingerprint density at radius 1 is 1.06 bits per heavy atom. The van der Waals surface area contributed by atoms with Crippen LogP contribution in [0.2, 0.25) is 5.02 Å². The van der Waals surface area contributed by atoms with Gasteiger partial charge in [0.25, 0.3) is 0 Å². The summed E-state index contributed by atoms with van der Waals surface area (Å²) in [5, 5.41) is 0.519. The number of nitrogens with one attached hydrogen (secondary N) is 1. The Morgan fingerprint density at radius 2 is 1.77 bits per heavy atom.